The molecule has 0 aliphatic carbocycles. The van der Waals surface area contributed by atoms with Gasteiger partial charge in [-0.15, -0.1) is 0 Å². The van der Waals surface area contributed by atoms with E-state index in [-0.39, 0.29) is 11.5 Å². The lowest BCUT2D eigenvalue weighted by Crippen LogP contribution is -2.28. The Bertz CT molecular complexity index is 418. The molecule has 1 atom stereocenters. The van der Waals surface area contributed by atoms with Crippen LogP contribution < -0.4 is 5.32 Å². The smallest absolute Gasteiger partial charge is 0.310 e. The summed E-state index contributed by atoms with van der Waals surface area (Å²) in [5.41, 5.74) is -0.217. The first kappa shape index (κ1) is 17.0. The van der Waals surface area contributed by atoms with Gasteiger partial charge in [-0.2, -0.15) is 13.2 Å². The molecule has 0 amide bonds. The highest BCUT2D eigenvalue weighted by Crippen LogP contribution is 2.38. The van der Waals surface area contributed by atoms with Crippen LogP contribution in [0.5, 0.6) is 0 Å². The molecule has 1 rings (SSSR count). The van der Waals surface area contributed by atoms with Crippen molar-refractivity contribution in [1.82, 2.24) is 5.32 Å². The average Bonchev–Trinajstić information content (AvgIpc) is 2.32. The minimum Gasteiger partial charge on any atom is -0.310 e. The van der Waals surface area contributed by atoms with Gasteiger partial charge < -0.3 is 5.32 Å². The summed E-state index contributed by atoms with van der Waals surface area (Å²) in [6.07, 6.45) is -2.74. The van der Waals surface area contributed by atoms with E-state index >= 15 is 0 Å². The van der Waals surface area contributed by atoms with Crippen LogP contribution in [-0.2, 0) is 6.18 Å². The number of hydrogen-bond donors (Lipinski definition) is 1. The second kappa shape index (κ2) is 6.61. The fraction of sp³-hybridized carbons (Fsp3) is 0.625. The fourth-order valence-corrected chi connectivity index (χ4v) is 2.28. The molecule has 1 aromatic carbocycles. The molecule has 0 saturated heterocycles. The Kier molecular flexibility index (Phi) is 5.63. The van der Waals surface area contributed by atoms with Crippen LogP contribution in [0.3, 0.4) is 0 Å². The SMILES string of the molecule is CCCNC(CC(C)(C)C)c1ccccc1C(F)(F)F. The molecule has 0 radical (unpaired) electrons. The standard InChI is InChI=1S/C16H24F3N/c1-5-10-20-14(11-15(2,3)4)12-8-6-7-9-13(12)16(17,18)19/h6-9,14,20H,5,10-11H2,1-4H3. The van der Waals surface area contributed by atoms with Gasteiger partial charge in [-0.3, -0.25) is 0 Å². The van der Waals surface area contributed by atoms with E-state index in [1.54, 1.807) is 12.1 Å². The summed E-state index contributed by atoms with van der Waals surface area (Å²) in [6.45, 7) is 8.86. The molecule has 0 fully saturated rings. The van der Waals surface area contributed by atoms with Crippen molar-refractivity contribution in [2.75, 3.05) is 6.54 Å². The van der Waals surface area contributed by atoms with E-state index in [4.69, 9.17) is 0 Å². The van der Waals surface area contributed by atoms with Gasteiger partial charge in [0.05, 0.1) is 5.56 Å². The first-order valence-electron chi connectivity index (χ1n) is 7.04. The minimum atomic E-state index is -4.30. The van der Waals surface area contributed by atoms with Gasteiger partial charge in [0.2, 0.25) is 0 Å². The van der Waals surface area contributed by atoms with Gasteiger partial charge in [0.1, 0.15) is 0 Å². The quantitative estimate of drug-likeness (QED) is 0.786. The van der Waals surface area contributed by atoms with Crippen LogP contribution in [0.2, 0.25) is 0 Å². The Morgan fingerprint density at radius 1 is 1.10 bits per heavy atom. The number of rotatable bonds is 5. The Morgan fingerprint density at radius 2 is 1.70 bits per heavy atom. The summed E-state index contributed by atoms with van der Waals surface area (Å²) >= 11 is 0. The van der Waals surface area contributed by atoms with E-state index in [1.807, 2.05) is 27.7 Å². The van der Waals surface area contributed by atoms with E-state index in [0.717, 1.165) is 6.42 Å². The number of benzene rings is 1. The molecule has 1 unspecified atom stereocenters. The van der Waals surface area contributed by atoms with Crippen molar-refractivity contribution < 1.29 is 13.2 Å². The Hall–Kier alpha value is -1.03. The van der Waals surface area contributed by atoms with Gasteiger partial charge in [-0.1, -0.05) is 45.9 Å². The predicted molar refractivity (Wildman–Crippen MR) is 76.6 cm³/mol. The zero-order valence-corrected chi connectivity index (χ0v) is 12.6. The van der Waals surface area contributed by atoms with Crippen LogP contribution in [0.25, 0.3) is 0 Å². The molecule has 0 bridgehead atoms. The van der Waals surface area contributed by atoms with E-state index in [9.17, 15) is 13.2 Å². The van der Waals surface area contributed by atoms with Crippen molar-refractivity contribution in [2.24, 2.45) is 5.41 Å². The molecule has 1 nitrogen and oxygen atoms in total. The van der Waals surface area contributed by atoms with Gasteiger partial charge in [0.25, 0.3) is 0 Å². The first-order chi connectivity index (χ1) is 9.15. The molecular formula is C16H24F3N. The summed E-state index contributed by atoms with van der Waals surface area (Å²) in [7, 11) is 0. The van der Waals surface area contributed by atoms with Crippen LogP contribution in [0, 0.1) is 5.41 Å². The lowest BCUT2D eigenvalue weighted by molar-refractivity contribution is -0.138. The van der Waals surface area contributed by atoms with Crippen molar-refractivity contribution in [3.05, 3.63) is 35.4 Å². The molecule has 0 saturated carbocycles. The Labute approximate surface area is 119 Å². The van der Waals surface area contributed by atoms with Crippen molar-refractivity contribution >= 4 is 0 Å². The fourth-order valence-electron chi connectivity index (χ4n) is 2.28. The van der Waals surface area contributed by atoms with Crippen LogP contribution >= 0.6 is 0 Å². The van der Waals surface area contributed by atoms with Crippen LogP contribution in [0.4, 0.5) is 13.2 Å². The maximum absolute atomic E-state index is 13.1. The Morgan fingerprint density at radius 3 is 2.20 bits per heavy atom. The van der Waals surface area contributed by atoms with Gasteiger partial charge in [-0.05, 0) is 36.4 Å². The highest BCUT2D eigenvalue weighted by Gasteiger charge is 2.35. The molecule has 0 heterocycles. The maximum Gasteiger partial charge on any atom is 0.416 e. The molecule has 114 valence electrons. The van der Waals surface area contributed by atoms with Crippen LogP contribution in [0.1, 0.15) is 57.7 Å². The van der Waals surface area contributed by atoms with Gasteiger partial charge in [-0.25, -0.2) is 0 Å². The molecule has 1 aromatic rings. The summed E-state index contributed by atoms with van der Waals surface area (Å²) in [5, 5.41) is 3.25. The zero-order chi connectivity index (χ0) is 15.4. The van der Waals surface area contributed by atoms with Gasteiger partial charge >= 0.3 is 6.18 Å². The van der Waals surface area contributed by atoms with Crippen molar-refractivity contribution in [1.29, 1.82) is 0 Å². The third kappa shape index (κ3) is 5.16. The summed E-state index contributed by atoms with van der Waals surface area (Å²) in [6, 6.07) is 5.60. The summed E-state index contributed by atoms with van der Waals surface area (Å²) < 4.78 is 39.4. The second-order valence-corrected chi connectivity index (χ2v) is 6.36. The topological polar surface area (TPSA) is 12.0 Å². The number of alkyl halides is 3. The molecule has 0 aliphatic heterocycles. The molecule has 20 heavy (non-hydrogen) atoms. The number of halogens is 3. The highest BCUT2D eigenvalue weighted by molar-refractivity contribution is 5.32. The zero-order valence-electron chi connectivity index (χ0n) is 12.6. The normalized spacial score (nSPS) is 14.3. The molecule has 0 aromatic heterocycles. The third-order valence-electron chi connectivity index (χ3n) is 3.10. The summed E-state index contributed by atoms with van der Waals surface area (Å²) in [5.74, 6) is 0. The molecular weight excluding hydrogens is 263 g/mol. The molecule has 0 spiro atoms. The van der Waals surface area contributed by atoms with Crippen molar-refractivity contribution in [3.63, 3.8) is 0 Å². The average molecular weight is 287 g/mol. The lowest BCUT2D eigenvalue weighted by atomic mass is 9.84. The molecule has 1 N–H and O–H groups in total. The largest absolute Gasteiger partial charge is 0.416 e. The molecule has 4 heteroatoms. The van der Waals surface area contributed by atoms with E-state index in [1.165, 1.54) is 12.1 Å². The number of hydrogen-bond acceptors (Lipinski definition) is 1. The van der Waals surface area contributed by atoms with Crippen LogP contribution in [-0.4, -0.2) is 6.54 Å². The second-order valence-electron chi connectivity index (χ2n) is 6.36. The lowest BCUT2D eigenvalue weighted by Gasteiger charge is -2.29. The molecule has 0 aliphatic rings. The van der Waals surface area contributed by atoms with Crippen molar-refractivity contribution in [3.8, 4) is 0 Å². The van der Waals surface area contributed by atoms with Crippen LogP contribution in [0.15, 0.2) is 24.3 Å². The number of nitrogens with one attached hydrogen (secondary N) is 1. The predicted octanol–water partition coefficient (Wildman–Crippen LogP) is 5.18. The minimum absolute atomic E-state index is 0.0376. The highest BCUT2D eigenvalue weighted by atomic mass is 19.4. The van der Waals surface area contributed by atoms with E-state index < -0.39 is 11.7 Å². The van der Waals surface area contributed by atoms with E-state index in [0.29, 0.717) is 18.5 Å². The first-order valence-corrected chi connectivity index (χ1v) is 7.04. The van der Waals surface area contributed by atoms with Gasteiger partial charge in [0.15, 0.2) is 0 Å². The van der Waals surface area contributed by atoms with Crippen molar-refractivity contribution in [2.45, 2.75) is 52.8 Å². The third-order valence-corrected chi connectivity index (χ3v) is 3.10. The van der Waals surface area contributed by atoms with E-state index in [2.05, 4.69) is 5.32 Å². The Balaban J connectivity index is 3.13. The van der Waals surface area contributed by atoms with Gasteiger partial charge in [0, 0.05) is 6.04 Å². The monoisotopic (exact) mass is 287 g/mol. The maximum atomic E-state index is 13.1. The summed E-state index contributed by atoms with van der Waals surface area (Å²) in [4.78, 5) is 0.